The van der Waals surface area contributed by atoms with E-state index in [0.717, 1.165) is 5.56 Å². The van der Waals surface area contributed by atoms with Crippen LogP contribution in [0.4, 0.5) is 0 Å². The molecule has 1 heterocycles. The third-order valence-electron chi connectivity index (χ3n) is 4.57. The van der Waals surface area contributed by atoms with Gasteiger partial charge in [-0.05, 0) is 43.2 Å². The minimum absolute atomic E-state index is 0.0294. The Morgan fingerprint density at radius 1 is 1.16 bits per heavy atom. The van der Waals surface area contributed by atoms with Crippen LogP contribution in [0.2, 0.25) is 5.02 Å². The molecule has 2 aromatic carbocycles. The number of nitrogens with zero attached hydrogens (tertiary/aromatic N) is 1. The molecule has 0 saturated heterocycles. The number of hydrogen-bond acceptors (Lipinski definition) is 6. The average Bonchev–Trinajstić information content (AvgIpc) is 3.11. The van der Waals surface area contributed by atoms with Crippen molar-refractivity contribution >= 4 is 27.6 Å². The van der Waals surface area contributed by atoms with Gasteiger partial charge in [0.2, 0.25) is 15.9 Å². The van der Waals surface area contributed by atoms with Crippen LogP contribution in [0.15, 0.2) is 63.9 Å². The number of ether oxygens (including phenoxy) is 1. The van der Waals surface area contributed by atoms with Crippen molar-refractivity contribution in [3.05, 3.63) is 71.1 Å². The molecule has 9 heteroatoms. The van der Waals surface area contributed by atoms with Crippen LogP contribution in [0.25, 0.3) is 11.5 Å². The number of sulfonamides is 1. The van der Waals surface area contributed by atoms with E-state index in [1.165, 1.54) is 18.2 Å². The van der Waals surface area contributed by atoms with E-state index in [1.807, 2.05) is 30.3 Å². The summed E-state index contributed by atoms with van der Waals surface area (Å²) >= 11 is 5.89. The number of hydrogen-bond donors (Lipinski definition) is 1. The van der Waals surface area contributed by atoms with E-state index in [4.69, 9.17) is 20.8 Å². The summed E-state index contributed by atoms with van der Waals surface area (Å²) in [6.07, 6.45) is 0. The molecule has 31 heavy (non-hydrogen) atoms. The first kappa shape index (κ1) is 23.0. The first-order chi connectivity index (χ1) is 14.7. The van der Waals surface area contributed by atoms with Crippen LogP contribution in [0, 0.1) is 12.8 Å². The number of benzene rings is 2. The second kappa shape index (κ2) is 9.64. The van der Waals surface area contributed by atoms with Crippen molar-refractivity contribution in [1.82, 2.24) is 9.71 Å². The van der Waals surface area contributed by atoms with Gasteiger partial charge in [0.15, 0.2) is 0 Å². The van der Waals surface area contributed by atoms with Gasteiger partial charge in [0.1, 0.15) is 24.1 Å². The maximum absolute atomic E-state index is 12.7. The molecule has 1 atom stereocenters. The van der Waals surface area contributed by atoms with E-state index in [0.29, 0.717) is 17.3 Å². The maximum Gasteiger partial charge on any atom is 0.324 e. The summed E-state index contributed by atoms with van der Waals surface area (Å²) in [6, 6.07) is 14.1. The Hall–Kier alpha value is -2.68. The van der Waals surface area contributed by atoms with Gasteiger partial charge in [0.25, 0.3) is 0 Å². The summed E-state index contributed by atoms with van der Waals surface area (Å²) in [5, 5.41) is 0.280. The van der Waals surface area contributed by atoms with Crippen molar-refractivity contribution in [2.75, 3.05) is 0 Å². The summed E-state index contributed by atoms with van der Waals surface area (Å²) in [5.74, 6) is -0.109. The van der Waals surface area contributed by atoms with Gasteiger partial charge in [-0.1, -0.05) is 49.7 Å². The number of carbonyl (C=O) groups excluding carboxylic acids is 1. The first-order valence-corrected chi connectivity index (χ1v) is 11.5. The van der Waals surface area contributed by atoms with Gasteiger partial charge in [0, 0.05) is 10.6 Å². The fourth-order valence-corrected chi connectivity index (χ4v) is 4.45. The van der Waals surface area contributed by atoms with Crippen molar-refractivity contribution in [2.45, 2.75) is 38.3 Å². The largest absolute Gasteiger partial charge is 0.458 e. The highest BCUT2D eigenvalue weighted by atomic mass is 35.5. The molecule has 0 amide bonds. The summed E-state index contributed by atoms with van der Waals surface area (Å²) in [4.78, 5) is 17.0. The SMILES string of the molecule is Cc1oc(-c2ccccc2)nc1COC(=O)[C@@H](NS(=O)(=O)c1cccc(Cl)c1)C(C)C. The molecule has 0 aliphatic carbocycles. The van der Waals surface area contributed by atoms with E-state index in [1.54, 1.807) is 26.8 Å². The fraction of sp³-hybridized carbons (Fsp3) is 0.273. The average molecular weight is 463 g/mol. The first-order valence-electron chi connectivity index (χ1n) is 9.63. The topological polar surface area (TPSA) is 98.5 Å². The Bertz CT molecular complexity index is 1160. The quantitative estimate of drug-likeness (QED) is 0.500. The minimum Gasteiger partial charge on any atom is -0.458 e. The van der Waals surface area contributed by atoms with Crippen molar-refractivity contribution in [1.29, 1.82) is 0 Å². The number of nitrogens with one attached hydrogen (secondary N) is 1. The van der Waals surface area contributed by atoms with Crippen LogP contribution in [0.1, 0.15) is 25.3 Å². The second-order valence-corrected chi connectivity index (χ2v) is 9.45. The molecule has 0 aliphatic rings. The van der Waals surface area contributed by atoms with Crippen molar-refractivity contribution in [2.24, 2.45) is 5.92 Å². The predicted octanol–water partition coefficient (Wildman–Crippen LogP) is 4.35. The lowest BCUT2D eigenvalue weighted by Crippen LogP contribution is -2.45. The Morgan fingerprint density at radius 2 is 1.87 bits per heavy atom. The highest BCUT2D eigenvalue weighted by Gasteiger charge is 2.30. The van der Waals surface area contributed by atoms with Crippen LogP contribution in [0.3, 0.4) is 0 Å². The summed E-state index contributed by atoms with van der Waals surface area (Å²) in [7, 11) is -3.96. The zero-order valence-corrected chi connectivity index (χ0v) is 18.9. The van der Waals surface area contributed by atoms with Gasteiger partial charge in [-0.25, -0.2) is 13.4 Å². The van der Waals surface area contributed by atoms with Crippen LogP contribution in [0.5, 0.6) is 0 Å². The molecule has 0 bridgehead atoms. The van der Waals surface area contributed by atoms with Crippen LogP contribution >= 0.6 is 11.6 Å². The predicted molar refractivity (Wildman–Crippen MR) is 117 cm³/mol. The molecule has 0 radical (unpaired) electrons. The molecule has 164 valence electrons. The van der Waals surface area contributed by atoms with Gasteiger partial charge in [0.05, 0.1) is 4.90 Å². The third-order valence-corrected chi connectivity index (χ3v) is 6.25. The lowest BCUT2D eigenvalue weighted by atomic mass is 10.1. The minimum atomic E-state index is -3.96. The monoisotopic (exact) mass is 462 g/mol. The molecule has 3 aromatic rings. The summed E-state index contributed by atoms with van der Waals surface area (Å²) in [6.45, 7) is 5.04. The van der Waals surface area contributed by atoms with Crippen molar-refractivity contribution < 1.29 is 22.4 Å². The van der Waals surface area contributed by atoms with Crippen LogP contribution in [-0.4, -0.2) is 25.4 Å². The molecule has 1 N–H and O–H groups in total. The number of aromatic nitrogens is 1. The number of oxazole rings is 1. The van der Waals surface area contributed by atoms with E-state index >= 15 is 0 Å². The van der Waals surface area contributed by atoms with E-state index in [-0.39, 0.29) is 22.4 Å². The molecule has 0 aliphatic heterocycles. The van der Waals surface area contributed by atoms with E-state index < -0.39 is 22.0 Å². The number of esters is 1. The van der Waals surface area contributed by atoms with Gasteiger partial charge < -0.3 is 9.15 Å². The Kier molecular flexibility index (Phi) is 7.15. The summed E-state index contributed by atoms with van der Waals surface area (Å²) in [5.41, 5.74) is 1.27. The molecule has 3 rings (SSSR count). The molecule has 0 saturated carbocycles. The zero-order valence-electron chi connectivity index (χ0n) is 17.3. The lowest BCUT2D eigenvalue weighted by molar-refractivity contribution is -0.148. The van der Waals surface area contributed by atoms with Gasteiger partial charge >= 0.3 is 5.97 Å². The number of aryl methyl sites for hydroxylation is 1. The maximum atomic E-state index is 12.7. The van der Waals surface area contributed by atoms with Crippen LogP contribution < -0.4 is 4.72 Å². The zero-order chi connectivity index (χ0) is 22.6. The normalized spacial score (nSPS) is 12.7. The Labute approximate surface area is 186 Å². The number of rotatable bonds is 8. The second-order valence-electron chi connectivity index (χ2n) is 7.30. The number of carbonyl (C=O) groups is 1. The smallest absolute Gasteiger partial charge is 0.324 e. The highest BCUT2D eigenvalue weighted by Crippen LogP contribution is 2.22. The number of halogens is 1. The molecule has 0 spiro atoms. The van der Waals surface area contributed by atoms with E-state index in [9.17, 15) is 13.2 Å². The lowest BCUT2D eigenvalue weighted by Gasteiger charge is -2.20. The van der Waals surface area contributed by atoms with Gasteiger partial charge in [-0.3, -0.25) is 4.79 Å². The van der Waals surface area contributed by atoms with E-state index in [2.05, 4.69) is 9.71 Å². The molecular formula is C22H23ClN2O5S. The fourth-order valence-electron chi connectivity index (χ4n) is 2.82. The Balaban J connectivity index is 1.71. The highest BCUT2D eigenvalue weighted by molar-refractivity contribution is 7.89. The molecule has 1 aromatic heterocycles. The van der Waals surface area contributed by atoms with Gasteiger partial charge in [-0.2, -0.15) is 4.72 Å². The molecule has 7 nitrogen and oxygen atoms in total. The standard InChI is InChI=1S/C22H23ClN2O5S/c1-14(2)20(25-31(27,28)18-11-7-10-17(23)12-18)22(26)29-13-19-15(3)30-21(24-19)16-8-5-4-6-9-16/h4-12,14,20,25H,13H2,1-3H3/t20-/m0/s1. The Morgan fingerprint density at radius 3 is 2.52 bits per heavy atom. The third kappa shape index (κ3) is 5.72. The molecular weight excluding hydrogens is 440 g/mol. The van der Waals surface area contributed by atoms with Crippen molar-refractivity contribution in [3.63, 3.8) is 0 Å². The van der Waals surface area contributed by atoms with Crippen molar-refractivity contribution in [3.8, 4) is 11.5 Å². The molecule has 0 unspecified atom stereocenters. The van der Waals surface area contributed by atoms with Gasteiger partial charge in [-0.15, -0.1) is 0 Å². The van der Waals surface area contributed by atoms with Crippen LogP contribution in [-0.2, 0) is 26.2 Å². The molecule has 0 fully saturated rings. The summed E-state index contributed by atoms with van der Waals surface area (Å²) < 4.78 is 38.8.